The van der Waals surface area contributed by atoms with Crippen molar-refractivity contribution in [3.05, 3.63) is 46.5 Å². The first-order valence-corrected chi connectivity index (χ1v) is 6.31. The fourth-order valence-corrected chi connectivity index (χ4v) is 2.00. The summed E-state index contributed by atoms with van der Waals surface area (Å²) in [6.45, 7) is 1.92. The van der Waals surface area contributed by atoms with Crippen LogP contribution in [0.4, 0.5) is 4.79 Å². The van der Waals surface area contributed by atoms with Crippen molar-refractivity contribution >= 4 is 27.9 Å². The van der Waals surface area contributed by atoms with E-state index in [9.17, 15) is 9.59 Å². The maximum absolute atomic E-state index is 12.1. The third-order valence-electron chi connectivity index (χ3n) is 2.73. The zero-order valence-electron chi connectivity index (χ0n) is 9.80. The van der Waals surface area contributed by atoms with Crippen LogP contribution in [0.2, 0.25) is 0 Å². The topological polar surface area (TPSA) is 46.6 Å². The Hall–Kier alpha value is -1.62. The Morgan fingerprint density at radius 3 is 2.72 bits per heavy atom. The lowest BCUT2D eigenvalue weighted by Gasteiger charge is -2.19. The Bertz CT molecular complexity index is 498. The molecule has 1 aromatic rings. The first kappa shape index (κ1) is 12.8. The van der Waals surface area contributed by atoms with E-state index in [4.69, 9.17) is 4.74 Å². The van der Waals surface area contributed by atoms with Crippen molar-refractivity contribution in [1.29, 1.82) is 0 Å². The molecule has 1 unspecified atom stereocenters. The van der Waals surface area contributed by atoms with Gasteiger partial charge in [0.15, 0.2) is 0 Å². The number of nitrogens with zero attached hydrogens (tertiary/aromatic N) is 1. The van der Waals surface area contributed by atoms with Crippen LogP contribution in [-0.2, 0) is 9.53 Å². The lowest BCUT2D eigenvalue weighted by molar-refractivity contribution is -0.124. The summed E-state index contributed by atoms with van der Waals surface area (Å²) in [4.78, 5) is 24.9. The lowest BCUT2D eigenvalue weighted by Crippen LogP contribution is -2.34. The van der Waals surface area contributed by atoms with E-state index in [2.05, 4.69) is 15.9 Å². The highest BCUT2D eigenvalue weighted by atomic mass is 79.9. The zero-order valence-corrected chi connectivity index (χ0v) is 11.4. The second kappa shape index (κ2) is 5.35. The Labute approximate surface area is 113 Å². The second-order valence-electron chi connectivity index (χ2n) is 3.82. The number of halogens is 1. The summed E-state index contributed by atoms with van der Waals surface area (Å²) in [7, 11) is 0. The van der Waals surface area contributed by atoms with Crippen molar-refractivity contribution in [1.82, 2.24) is 4.90 Å². The fourth-order valence-electron chi connectivity index (χ4n) is 1.81. The van der Waals surface area contributed by atoms with Gasteiger partial charge in [0, 0.05) is 0 Å². The van der Waals surface area contributed by atoms with Gasteiger partial charge in [0.1, 0.15) is 12.6 Å². The van der Waals surface area contributed by atoms with Crippen LogP contribution in [0.3, 0.4) is 0 Å². The number of hydrogen-bond donors (Lipinski definition) is 0. The van der Waals surface area contributed by atoms with Crippen LogP contribution in [0.1, 0.15) is 18.5 Å². The van der Waals surface area contributed by atoms with Gasteiger partial charge in [0.05, 0.1) is 4.48 Å². The standard InChI is InChI=1S/C13H12BrNO3/c1-2-10(14)12(16)15-11(8-18-13(15)17)9-6-4-3-5-7-9/h2-7,11H,8H2,1H3. The number of rotatable bonds is 2. The SMILES string of the molecule is CC=C(Br)C(=O)N1C(=O)OCC1c1ccccc1. The molecule has 1 aromatic carbocycles. The highest BCUT2D eigenvalue weighted by Gasteiger charge is 2.39. The first-order valence-electron chi connectivity index (χ1n) is 5.52. The maximum Gasteiger partial charge on any atom is 0.417 e. The van der Waals surface area contributed by atoms with Crippen molar-refractivity contribution in [2.75, 3.05) is 6.61 Å². The summed E-state index contributed by atoms with van der Waals surface area (Å²) in [5, 5.41) is 0. The Kier molecular flexibility index (Phi) is 3.81. The first-order chi connectivity index (χ1) is 8.65. The molecule has 2 amide bonds. The van der Waals surface area contributed by atoms with Gasteiger partial charge in [-0.15, -0.1) is 0 Å². The smallest absolute Gasteiger partial charge is 0.417 e. The monoisotopic (exact) mass is 309 g/mol. The summed E-state index contributed by atoms with van der Waals surface area (Å²) in [5.74, 6) is -0.381. The van der Waals surface area contributed by atoms with Crippen molar-refractivity contribution < 1.29 is 14.3 Å². The molecule has 18 heavy (non-hydrogen) atoms. The number of imide groups is 1. The van der Waals surface area contributed by atoms with E-state index in [-0.39, 0.29) is 18.6 Å². The molecule has 94 valence electrons. The molecule has 0 N–H and O–H groups in total. The van der Waals surface area contributed by atoms with Crippen LogP contribution in [0, 0.1) is 0 Å². The van der Waals surface area contributed by atoms with Crippen molar-refractivity contribution in [3.8, 4) is 0 Å². The Morgan fingerprint density at radius 2 is 2.11 bits per heavy atom. The molecule has 2 rings (SSSR count). The van der Waals surface area contributed by atoms with Gasteiger partial charge >= 0.3 is 6.09 Å². The summed E-state index contributed by atoms with van der Waals surface area (Å²) in [5.41, 5.74) is 0.883. The minimum absolute atomic E-state index is 0.193. The molecule has 5 heteroatoms. The van der Waals surface area contributed by atoms with Crippen molar-refractivity contribution in [2.24, 2.45) is 0 Å². The predicted molar refractivity (Wildman–Crippen MR) is 70.1 cm³/mol. The van der Waals surface area contributed by atoms with Gasteiger partial charge in [-0.3, -0.25) is 4.79 Å². The molecular weight excluding hydrogens is 298 g/mol. The third-order valence-corrected chi connectivity index (χ3v) is 3.53. The molecule has 0 aliphatic carbocycles. The molecule has 1 saturated heterocycles. The number of allylic oxidation sites excluding steroid dienone is 1. The average Bonchev–Trinajstić information content (AvgIpc) is 2.80. The van der Waals surface area contributed by atoms with E-state index >= 15 is 0 Å². The molecule has 0 bridgehead atoms. The van der Waals surface area contributed by atoms with Crippen LogP contribution in [0.5, 0.6) is 0 Å². The van der Waals surface area contributed by atoms with Gasteiger partial charge in [-0.2, -0.15) is 0 Å². The minimum atomic E-state index is -0.604. The normalized spacial score (nSPS) is 19.9. The van der Waals surface area contributed by atoms with Gasteiger partial charge in [0.2, 0.25) is 0 Å². The van der Waals surface area contributed by atoms with Gasteiger partial charge in [0.25, 0.3) is 5.91 Å². The second-order valence-corrected chi connectivity index (χ2v) is 4.67. The van der Waals surface area contributed by atoms with Gasteiger partial charge < -0.3 is 4.74 Å². The molecule has 1 aliphatic rings. The highest BCUT2D eigenvalue weighted by molar-refractivity contribution is 9.12. The van der Waals surface area contributed by atoms with Crippen molar-refractivity contribution in [3.63, 3.8) is 0 Å². The van der Waals surface area contributed by atoms with Gasteiger partial charge in [-0.1, -0.05) is 36.4 Å². The predicted octanol–water partition coefficient (Wildman–Crippen LogP) is 3.01. The number of benzene rings is 1. The molecule has 1 heterocycles. The van der Waals surface area contributed by atoms with Gasteiger partial charge in [-0.25, -0.2) is 9.69 Å². The van der Waals surface area contributed by atoms with E-state index < -0.39 is 6.09 Å². The maximum atomic E-state index is 12.1. The van der Waals surface area contributed by atoms with Gasteiger partial charge in [-0.05, 0) is 28.4 Å². The number of hydrogen-bond acceptors (Lipinski definition) is 3. The minimum Gasteiger partial charge on any atom is -0.446 e. The largest absolute Gasteiger partial charge is 0.446 e. The molecule has 0 aromatic heterocycles. The summed E-state index contributed by atoms with van der Waals surface area (Å²) >= 11 is 3.14. The summed E-state index contributed by atoms with van der Waals surface area (Å²) in [6.07, 6.45) is 1.00. The van der Waals surface area contributed by atoms with E-state index in [1.54, 1.807) is 13.0 Å². The Balaban J connectivity index is 2.32. The van der Waals surface area contributed by atoms with Crippen LogP contribution in [0.25, 0.3) is 0 Å². The molecule has 1 atom stereocenters. The number of ether oxygens (including phenoxy) is 1. The molecular formula is C13H12BrNO3. The molecule has 1 aliphatic heterocycles. The highest BCUT2D eigenvalue weighted by Crippen LogP contribution is 2.29. The Morgan fingerprint density at radius 1 is 1.44 bits per heavy atom. The van der Waals surface area contributed by atoms with E-state index in [1.165, 1.54) is 0 Å². The van der Waals surface area contributed by atoms with Crippen LogP contribution in [0.15, 0.2) is 40.9 Å². The number of carbonyl (C=O) groups excluding carboxylic acids is 2. The zero-order chi connectivity index (χ0) is 13.1. The molecule has 0 radical (unpaired) electrons. The van der Waals surface area contributed by atoms with Crippen LogP contribution >= 0.6 is 15.9 Å². The summed E-state index contributed by atoms with van der Waals surface area (Å²) in [6, 6.07) is 9.00. The van der Waals surface area contributed by atoms with Crippen LogP contribution in [-0.4, -0.2) is 23.5 Å². The van der Waals surface area contributed by atoms with E-state index in [1.807, 2.05) is 30.3 Å². The van der Waals surface area contributed by atoms with E-state index in [0.29, 0.717) is 4.48 Å². The number of carbonyl (C=O) groups is 2. The average molecular weight is 310 g/mol. The number of cyclic esters (lactones) is 1. The van der Waals surface area contributed by atoms with Crippen molar-refractivity contribution in [2.45, 2.75) is 13.0 Å². The molecule has 1 fully saturated rings. The third kappa shape index (κ3) is 2.31. The summed E-state index contributed by atoms with van der Waals surface area (Å²) < 4.78 is 5.32. The lowest BCUT2D eigenvalue weighted by atomic mass is 10.1. The number of amides is 2. The fraction of sp³-hybridized carbons (Fsp3) is 0.231. The van der Waals surface area contributed by atoms with E-state index in [0.717, 1.165) is 10.5 Å². The van der Waals surface area contributed by atoms with Crippen LogP contribution < -0.4 is 0 Å². The molecule has 4 nitrogen and oxygen atoms in total. The molecule has 0 saturated carbocycles. The molecule has 0 spiro atoms. The quantitative estimate of drug-likeness (QED) is 0.789.